The van der Waals surface area contributed by atoms with E-state index in [4.69, 9.17) is 14.5 Å². The molecule has 5 nitrogen and oxygen atoms in total. The van der Waals surface area contributed by atoms with Gasteiger partial charge in [-0.3, -0.25) is 0 Å². The zero-order chi connectivity index (χ0) is 19.9. The van der Waals surface area contributed by atoms with Crippen molar-refractivity contribution in [2.24, 2.45) is 10.9 Å². The van der Waals surface area contributed by atoms with Gasteiger partial charge in [-0.1, -0.05) is 24.3 Å². The number of hydrogen-bond acceptors (Lipinski definition) is 5. The van der Waals surface area contributed by atoms with Crippen LogP contribution in [0, 0.1) is 5.92 Å². The lowest BCUT2D eigenvalue weighted by Crippen LogP contribution is -2.04. The highest BCUT2D eigenvalue weighted by atomic mass is 32.2. The molecule has 1 fully saturated rings. The van der Waals surface area contributed by atoms with Gasteiger partial charge in [-0.15, -0.1) is 11.8 Å². The van der Waals surface area contributed by atoms with Crippen molar-refractivity contribution in [3.63, 3.8) is 0 Å². The minimum atomic E-state index is -1.01. The number of ether oxygens (including phenoxy) is 2. The molecule has 0 bridgehead atoms. The highest BCUT2D eigenvalue weighted by Gasteiger charge is 2.28. The number of aliphatic imine (C=N–C) groups is 1. The highest BCUT2D eigenvalue weighted by Crippen LogP contribution is 2.38. The van der Waals surface area contributed by atoms with Gasteiger partial charge in [0, 0.05) is 11.7 Å². The maximum absolute atomic E-state index is 11.6. The van der Waals surface area contributed by atoms with Gasteiger partial charge < -0.3 is 14.6 Å². The Hall–Kier alpha value is -2.73. The smallest absolute Gasteiger partial charge is 0.339 e. The van der Waals surface area contributed by atoms with Crippen molar-refractivity contribution in [2.75, 3.05) is 14.2 Å². The molecule has 3 rings (SSSR count). The SMILES string of the molecule is CO/C=C(\C(=O)O)c1ccccc1CS/C(=N\c1ccc(OC)cc1)C1CC1. The summed E-state index contributed by atoms with van der Waals surface area (Å²) in [7, 11) is 3.09. The van der Waals surface area contributed by atoms with E-state index in [0.717, 1.165) is 34.9 Å². The number of carbonyl (C=O) groups is 1. The largest absolute Gasteiger partial charge is 0.503 e. The van der Waals surface area contributed by atoms with Gasteiger partial charge in [-0.2, -0.15) is 0 Å². The molecule has 0 aliphatic heterocycles. The van der Waals surface area contributed by atoms with Gasteiger partial charge in [0.05, 0.1) is 31.2 Å². The summed E-state index contributed by atoms with van der Waals surface area (Å²) >= 11 is 1.67. The second-order valence-corrected chi connectivity index (χ2v) is 7.44. The molecule has 0 amide bonds. The van der Waals surface area contributed by atoms with Crippen molar-refractivity contribution >= 4 is 34.0 Å². The molecule has 146 valence electrons. The second kappa shape index (κ2) is 9.46. The third-order valence-corrected chi connectivity index (χ3v) is 5.56. The number of carboxylic acids is 1. The van der Waals surface area contributed by atoms with Gasteiger partial charge in [0.1, 0.15) is 11.3 Å². The Morgan fingerprint density at radius 2 is 1.89 bits per heavy atom. The molecule has 1 aliphatic rings. The Bertz CT molecular complexity index is 886. The number of rotatable bonds is 8. The summed E-state index contributed by atoms with van der Waals surface area (Å²) in [6.45, 7) is 0. The Labute approximate surface area is 169 Å². The van der Waals surface area contributed by atoms with Crippen LogP contribution in [0.3, 0.4) is 0 Å². The number of nitrogens with zero attached hydrogens (tertiary/aromatic N) is 1. The number of carboxylic acid groups (broad SMARTS) is 1. The third kappa shape index (κ3) is 5.16. The molecule has 28 heavy (non-hydrogen) atoms. The summed E-state index contributed by atoms with van der Waals surface area (Å²) in [6.07, 6.45) is 3.57. The lowest BCUT2D eigenvalue weighted by Gasteiger charge is -2.11. The molecule has 0 spiro atoms. The van der Waals surface area contributed by atoms with E-state index in [0.29, 0.717) is 17.2 Å². The van der Waals surface area contributed by atoms with Gasteiger partial charge >= 0.3 is 5.97 Å². The Kier molecular flexibility index (Phi) is 6.76. The van der Waals surface area contributed by atoms with Gasteiger partial charge in [-0.25, -0.2) is 9.79 Å². The van der Waals surface area contributed by atoms with Crippen molar-refractivity contribution in [2.45, 2.75) is 18.6 Å². The van der Waals surface area contributed by atoms with Crippen LogP contribution in [0.1, 0.15) is 24.0 Å². The topological polar surface area (TPSA) is 68.1 Å². The quantitative estimate of drug-likeness (QED) is 0.289. The van der Waals surface area contributed by atoms with Crippen LogP contribution in [-0.2, 0) is 15.3 Å². The normalized spacial score (nSPS) is 14.6. The van der Waals surface area contributed by atoms with Gasteiger partial charge in [-0.05, 0) is 48.2 Å². The van der Waals surface area contributed by atoms with Gasteiger partial charge in [0.15, 0.2) is 0 Å². The second-order valence-electron chi connectivity index (χ2n) is 6.44. The average molecular weight is 397 g/mol. The number of benzene rings is 2. The number of aliphatic carboxylic acids is 1. The molecular formula is C22H23NO4S. The molecule has 0 aromatic heterocycles. The lowest BCUT2D eigenvalue weighted by molar-refractivity contribution is -0.130. The summed E-state index contributed by atoms with van der Waals surface area (Å²) < 4.78 is 10.2. The molecule has 1 aliphatic carbocycles. The van der Waals surface area contributed by atoms with Crippen LogP contribution in [0.5, 0.6) is 5.75 Å². The Morgan fingerprint density at radius 3 is 2.50 bits per heavy atom. The number of methoxy groups -OCH3 is 2. The van der Waals surface area contributed by atoms with E-state index in [1.165, 1.54) is 13.4 Å². The van der Waals surface area contributed by atoms with Crippen LogP contribution in [0.4, 0.5) is 5.69 Å². The number of thioether (sulfide) groups is 1. The van der Waals surface area contributed by atoms with Crippen LogP contribution in [0.2, 0.25) is 0 Å². The van der Waals surface area contributed by atoms with E-state index in [9.17, 15) is 9.90 Å². The summed E-state index contributed by atoms with van der Waals surface area (Å²) in [5, 5.41) is 10.6. The Morgan fingerprint density at radius 1 is 1.18 bits per heavy atom. The predicted octanol–water partition coefficient (Wildman–Crippen LogP) is 5.14. The highest BCUT2D eigenvalue weighted by molar-refractivity contribution is 8.13. The standard InChI is InChI=1S/C22H23NO4S/c1-26-13-20(22(24)25)19-6-4-3-5-16(19)14-28-21(15-7-8-15)23-17-9-11-18(27-2)12-10-17/h3-6,9-13,15H,7-8,14H2,1-2H3,(H,24,25)/b20-13-,23-21-. The molecule has 2 aromatic rings. The minimum absolute atomic E-state index is 0.152. The maximum Gasteiger partial charge on any atom is 0.339 e. The monoisotopic (exact) mass is 397 g/mol. The molecule has 0 unspecified atom stereocenters. The summed E-state index contributed by atoms with van der Waals surface area (Å²) in [4.78, 5) is 16.4. The fourth-order valence-electron chi connectivity index (χ4n) is 2.76. The minimum Gasteiger partial charge on any atom is -0.503 e. The molecule has 0 atom stereocenters. The molecule has 2 aromatic carbocycles. The molecule has 0 heterocycles. The first-order chi connectivity index (χ1) is 13.6. The zero-order valence-corrected chi connectivity index (χ0v) is 16.7. The molecule has 1 saturated carbocycles. The van der Waals surface area contributed by atoms with E-state index in [-0.39, 0.29) is 5.57 Å². The van der Waals surface area contributed by atoms with Crippen molar-refractivity contribution in [1.82, 2.24) is 0 Å². The summed E-state index contributed by atoms with van der Waals surface area (Å²) in [5.74, 6) is 0.941. The lowest BCUT2D eigenvalue weighted by atomic mass is 10.0. The molecule has 0 radical (unpaired) electrons. The van der Waals surface area contributed by atoms with Crippen LogP contribution < -0.4 is 4.74 Å². The average Bonchev–Trinajstić information content (AvgIpc) is 3.55. The zero-order valence-electron chi connectivity index (χ0n) is 15.9. The predicted molar refractivity (Wildman–Crippen MR) is 113 cm³/mol. The molecular weight excluding hydrogens is 374 g/mol. The van der Waals surface area contributed by atoms with Crippen molar-refractivity contribution in [3.8, 4) is 5.75 Å². The van der Waals surface area contributed by atoms with E-state index < -0.39 is 5.97 Å². The number of hydrogen-bond donors (Lipinski definition) is 1. The van der Waals surface area contributed by atoms with Crippen LogP contribution in [-0.4, -0.2) is 30.3 Å². The first-order valence-corrected chi connectivity index (χ1v) is 10.0. The van der Waals surface area contributed by atoms with Crippen molar-refractivity contribution < 1.29 is 19.4 Å². The van der Waals surface area contributed by atoms with Gasteiger partial charge in [0.25, 0.3) is 0 Å². The molecule has 6 heteroatoms. The molecule has 1 N–H and O–H groups in total. The summed E-state index contributed by atoms with van der Waals surface area (Å²) in [6, 6.07) is 15.2. The molecule has 0 saturated heterocycles. The van der Waals surface area contributed by atoms with E-state index in [1.54, 1.807) is 18.9 Å². The Balaban J connectivity index is 1.80. The summed E-state index contributed by atoms with van der Waals surface area (Å²) in [5.41, 5.74) is 2.66. The van der Waals surface area contributed by atoms with Crippen molar-refractivity contribution in [1.29, 1.82) is 0 Å². The van der Waals surface area contributed by atoms with Crippen LogP contribution >= 0.6 is 11.8 Å². The fourth-order valence-corrected chi connectivity index (χ4v) is 3.96. The van der Waals surface area contributed by atoms with Crippen molar-refractivity contribution in [3.05, 3.63) is 65.9 Å². The third-order valence-electron chi connectivity index (χ3n) is 4.39. The first-order valence-electron chi connectivity index (χ1n) is 9.02. The van der Waals surface area contributed by atoms with Gasteiger partial charge in [0.2, 0.25) is 0 Å². The van der Waals surface area contributed by atoms with E-state index in [2.05, 4.69) is 0 Å². The first kappa shape index (κ1) is 20.0. The fraction of sp³-hybridized carbons (Fsp3) is 0.273. The maximum atomic E-state index is 11.6. The van der Waals surface area contributed by atoms with E-state index >= 15 is 0 Å². The van der Waals surface area contributed by atoms with Crippen LogP contribution in [0.25, 0.3) is 5.57 Å². The van der Waals surface area contributed by atoms with E-state index in [1.807, 2.05) is 48.5 Å². The van der Waals surface area contributed by atoms with Crippen LogP contribution in [0.15, 0.2) is 59.8 Å².